The first-order valence-corrected chi connectivity index (χ1v) is 9.28. The Balaban J connectivity index is 2.24. The minimum absolute atomic E-state index is 0.266. The standard InChI is InChI=1S/C18H18N2O3S/c1-13-14(2)20(15-9-5-4-6-10-15)18(19-13)16-11-7-8-12-17(16)23-24(3,21)22/h4-12H,1-3H3. The van der Waals surface area contributed by atoms with Crippen LogP contribution < -0.4 is 4.18 Å². The van der Waals surface area contributed by atoms with Crippen molar-refractivity contribution >= 4 is 10.1 Å². The summed E-state index contributed by atoms with van der Waals surface area (Å²) in [6.07, 6.45) is 1.03. The molecule has 1 aromatic heterocycles. The number of aromatic nitrogens is 2. The van der Waals surface area contributed by atoms with Gasteiger partial charge in [0.05, 0.1) is 17.5 Å². The number of imidazole rings is 1. The van der Waals surface area contributed by atoms with Crippen molar-refractivity contribution in [1.29, 1.82) is 0 Å². The lowest BCUT2D eigenvalue weighted by Gasteiger charge is -2.13. The zero-order valence-corrected chi connectivity index (χ0v) is 14.5. The van der Waals surface area contributed by atoms with Crippen molar-refractivity contribution in [3.63, 3.8) is 0 Å². The van der Waals surface area contributed by atoms with Gasteiger partial charge in [-0.05, 0) is 38.1 Å². The maximum Gasteiger partial charge on any atom is 0.306 e. The third-order valence-corrected chi connectivity index (χ3v) is 4.21. The largest absolute Gasteiger partial charge is 0.382 e. The fraction of sp³-hybridized carbons (Fsp3) is 0.167. The summed E-state index contributed by atoms with van der Waals surface area (Å²) in [4.78, 5) is 4.64. The molecule has 3 rings (SSSR count). The Labute approximate surface area is 141 Å². The van der Waals surface area contributed by atoms with Crippen LogP contribution in [-0.2, 0) is 10.1 Å². The molecule has 0 radical (unpaired) electrons. The molecule has 0 atom stereocenters. The predicted octanol–water partition coefficient (Wildman–Crippen LogP) is 3.49. The van der Waals surface area contributed by atoms with Crippen molar-refractivity contribution in [3.05, 3.63) is 66.0 Å². The highest BCUT2D eigenvalue weighted by atomic mass is 32.2. The lowest BCUT2D eigenvalue weighted by Crippen LogP contribution is -2.08. The van der Waals surface area contributed by atoms with Crippen molar-refractivity contribution < 1.29 is 12.6 Å². The zero-order valence-electron chi connectivity index (χ0n) is 13.7. The summed E-state index contributed by atoms with van der Waals surface area (Å²) in [5, 5.41) is 0. The van der Waals surface area contributed by atoms with E-state index in [9.17, 15) is 8.42 Å². The highest BCUT2D eigenvalue weighted by Crippen LogP contribution is 2.33. The van der Waals surface area contributed by atoms with Crippen molar-refractivity contribution in [2.45, 2.75) is 13.8 Å². The number of rotatable bonds is 4. The minimum atomic E-state index is -3.63. The third-order valence-electron chi connectivity index (χ3n) is 3.73. The Bertz CT molecular complexity index is 977. The van der Waals surface area contributed by atoms with E-state index < -0.39 is 10.1 Å². The number of para-hydroxylation sites is 2. The van der Waals surface area contributed by atoms with Crippen molar-refractivity contribution in [1.82, 2.24) is 9.55 Å². The van der Waals surface area contributed by atoms with Crippen molar-refractivity contribution in [3.8, 4) is 22.8 Å². The number of hydrogen-bond donors (Lipinski definition) is 0. The van der Waals surface area contributed by atoms with Gasteiger partial charge in [-0.15, -0.1) is 0 Å². The van der Waals surface area contributed by atoms with E-state index in [0.29, 0.717) is 11.4 Å². The lowest BCUT2D eigenvalue weighted by molar-refractivity contribution is 0.493. The monoisotopic (exact) mass is 342 g/mol. The van der Waals surface area contributed by atoms with Crippen LogP contribution in [0.1, 0.15) is 11.4 Å². The third kappa shape index (κ3) is 3.19. The molecule has 0 unspecified atom stereocenters. The van der Waals surface area contributed by atoms with E-state index in [1.807, 2.05) is 54.8 Å². The van der Waals surface area contributed by atoms with Crippen LogP contribution in [0.15, 0.2) is 54.6 Å². The van der Waals surface area contributed by atoms with Crippen LogP contribution in [0, 0.1) is 13.8 Å². The van der Waals surface area contributed by atoms with Crippen LogP contribution in [0.25, 0.3) is 17.1 Å². The normalized spacial score (nSPS) is 11.5. The Morgan fingerprint density at radius 3 is 2.25 bits per heavy atom. The highest BCUT2D eigenvalue weighted by Gasteiger charge is 2.19. The lowest BCUT2D eigenvalue weighted by atomic mass is 10.2. The molecule has 6 heteroatoms. The summed E-state index contributed by atoms with van der Waals surface area (Å²) >= 11 is 0. The molecule has 1 heterocycles. The Hall–Kier alpha value is -2.60. The molecular formula is C18H18N2O3S. The predicted molar refractivity (Wildman–Crippen MR) is 93.9 cm³/mol. The molecule has 124 valence electrons. The van der Waals surface area contributed by atoms with Gasteiger partial charge in [0.2, 0.25) is 0 Å². The quantitative estimate of drug-likeness (QED) is 0.681. The molecule has 0 fully saturated rings. The fourth-order valence-corrected chi connectivity index (χ4v) is 3.04. The summed E-state index contributed by atoms with van der Waals surface area (Å²) in [6, 6.07) is 16.8. The fourth-order valence-electron chi connectivity index (χ4n) is 2.57. The molecule has 2 aromatic carbocycles. The molecule has 0 saturated carbocycles. The first-order valence-electron chi connectivity index (χ1n) is 7.47. The van der Waals surface area contributed by atoms with E-state index in [1.54, 1.807) is 18.2 Å². The van der Waals surface area contributed by atoms with Gasteiger partial charge in [0.1, 0.15) is 5.82 Å². The molecule has 0 bridgehead atoms. The molecule has 0 N–H and O–H groups in total. The molecular weight excluding hydrogens is 324 g/mol. The van der Waals surface area contributed by atoms with E-state index in [4.69, 9.17) is 4.18 Å². The van der Waals surface area contributed by atoms with E-state index >= 15 is 0 Å². The van der Waals surface area contributed by atoms with Crippen molar-refractivity contribution in [2.24, 2.45) is 0 Å². The number of aryl methyl sites for hydroxylation is 1. The molecule has 0 saturated heterocycles. The van der Waals surface area contributed by atoms with Gasteiger partial charge in [0.25, 0.3) is 0 Å². The van der Waals surface area contributed by atoms with E-state index in [-0.39, 0.29) is 5.75 Å². The SMILES string of the molecule is Cc1nc(-c2ccccc2OS(C)(=O)=O)n(-c2ccccc2)c1C. The summed E-state index contributed by atoms with van der Waals surface area (Å²) in [6.45, 7) is 3.91. The van der Waals surface area contributed by atoms with Gasteiger partial charge in [-0.3, -0.25) is 4.57 Å². The van der Waals surface area contributed by atoms with Gasteiger partial charge in [-0.1, -0.05) is 30.3 Å². The van der Waals surface area contributed by atoms with Gasteiger partial charge in [0, 0.05) is 11.4 Å². The van der Waals surface area contributed by atoms with Crippen LogP contribution in [0.4, 0.5) is 0 Å². The van der Waals surface area contributed by atoms with Crippen LogP contribution in [0.3, 0.4) is 0 Å². The second-order valence-electron chi connectivity index (χ2n) is 5.56. The zero-order chi connectivity index (χ0) is 17.3. The molecule has 24 heavy (non-hydrogen) atoms. The highest BCUT2D eigenvalue weighted by molar-refractivity contribution is 7.86. The van der Waals surface area contributed by atoms with Gasteiger partial charge in [0.15, 0.2) is 5.75 Å². The molecule has 0 spiro atoms. The second kappa shape index (κ2) is 6.13. The van der Waals surface area contributed by atoms with Crippen LogP contribution in [0.5, 0.6) is 5.75 Å². The minimum Gasteiger partial charge on any atom is -0.382 e. The van der Waals surface area contributed by atoms with E-state index in [0.717, 1.165) is 23.3 Å². The summed E-state index contributed by atoms with van der Waals surface area (Å²) in [7, 11) is -3.63. The van der Waals surface area contributed by atoms with Crippen molar-refractivity contribution in [2.75, 3.05) is 6.26 Å². The van der Waals surface area contributed by atoms with Crippen LogP contribution in [-0.4, -0.2) is 24.2 Å². The Kier molecular flexibility index (Phi) is 4.15. The average molecular weight is 342 g/mol. The number of benzene rings is 2. The van der Waals surface area contributed by atoms with E-state index in [1.165, 1.54) is 0 Å². The van der Waals surface area contributed by atoms with Gasteiger partial charge in [-0.25, -0.2) is 4.98 Å². The molecule has 3 aromatic rings. The number of nitrogens with zero attached hydrogens (tertiary/aromatic N) is 2. The molecule has 0 aliphatic heterocycles. The molecule has 0 aliphatic carbocycles. The van der Waals surface area contributed by atoms with Crippen LogP contribution >= 0.6 is 0 Å². The number of hydrogen-bond acceptors (Lipinski definition) is 4. The Morgan fingerprint density at radius 1 is 0.958 bits per heavy atom. The first-order chi connectivity index (χ1) is 11.4. The van der Waals surface area contributed by atoms with Gasteiger partial charge < -0.3 is 4.18 Å². The second-order valence-corrected chi connectivity index (χ2v) is 7.14. The van der Waals surface area contributed by atoms with Crippen LogP contribution in [0.2, 0.25) is 0 Å². The maximum absolute atomic E-state index is 11.6. The van der Waals surface area contributed by atoms with E-state index in [2.05, 4.69) is 4.98 Å². The first kappa shape index (κ1) is 16.3. The van der Waals surface area contributed by atoms with Gasteiger partial charge in [-0.2, -0.15) is 8.42 Å². The molecule has 5 nitrogen and oxygen atoms in total. The summed E-state index contributed by atoms with van der Waals surface area (Å²) < 4.78 is 30.3. The smallest absolute Gasteiger partial charge is 0.306 e. The summed E-state index contributed by atoms with van der Waals surface area (Å²) in [5.41, 5.74) is 3.45. The van der Waals surface area contributed by atoms with Gasteiger partial charge >= 0.3 is 10.1 Å². The maximum atomic E-state index is 11.6. The molecule has 0 amide bonds. The summed E-state index contributed by atoms with van der Waals surface area (Å²) in [5.74, 6) is 0.914. The topological polar surface area (TPSA) is 61.2 Å². The molecule has 0 aliphatic rings. The Morgan fingerprint density at radius 2 is 1.58 bits per heavy atom. The average Bonchev–Trinajstić information content (AvgIpc) is 2.82.